The van der Waals surface area contributed by atoms with Gasteiger partial charge in [0.05, 0.1) is 5.69 Å². The molecule has 0 amide bonds. The van der Waals surface area contributed by atoms with Crippen LogP contribution in [0.25, 0.3) is 16.9 Å². The third kappa shape index (κ3) is 3.30. The minimum atomic E-state index is 0.0347. The molecule has 4 rings (SSSR count). The second-order valence-electron chi connectivity index (χ2n) is 7.28. The second kappa shape index (κ2) is 6.93. The van der Waals surface area contributed by atoms with E-state index in [1.165, 1.54) is 0 Å². The summed E-state index contributed by atoms with van der Waals surface area (Å²) >= 11 is 3.48. The Hall–Kier alpha value is -2.46. The topological polar surface area (TPSA) is 39.1 Å². The van der Waals surface area contributed by atoms with E-state index in [-0.39, 0.29) is 11.6 Å². The lowest BCUT2D eigenvalue weighted by molar-refractivity contribution is 0.0951. The number of benzene rings is 2. The van der Waals surface area contributed by atoms with E-state index < -0.39 is 0 Å². The third-order valence-corrected chi connectivity index (χ3v) is 5.66. The fourth-order valence-electron chi connectivity index (χ4n) is 3.81. The third-order valence-electron chi connectivity index (χ3n) is 5.13. The molecule has 3 nitrogen and oxygen atoms in total. The number of ketones is 2. The highest BCUT2D eigenvalue weighted by molar-refractivity contribution is 9.10. The molecular formula is C23H20BrNO2. The molecule has 0 fully saturated rings. The van der Waals surface area contributed by atoms with E-state index in [0.29, 0.717) is 17.9 Å². The molecule has 0 unspecified atom stereocenters. The van der Waals surface area contributed by atoms with Crippen LogP contribution in [0.1, 0.15) is 46.7 Å². The normalized spacial score (nSPS) is 16.3. The van der Waals surface area contributed by atoms with Gasteiger partial charge in [-0.05, 0) is 55.2 Å². The lowest BCUT2D eigenvalue weighted by atomic mass is 9.88. The predicted octanol–water partition coefficient (Wildman–Crippen LogP) is 5.87. The van der Waals surface area contributed by atoms with Gasteiger partial charge in [0, 0.05) is 33.4 Å². The molecule has 4 heteroatoms. The quantitative estimate of drug-likeness (QED) is 0.495. The van der Waals surface area contributed by atoms with Crippen molar-refractivity contribution in [3.8, 4) is 16.9 Å². The minimum Gasteiger partial charge on any atom is -0.313 e. The Morgan fingerprint density at radius 2 is 1.81 bits per heavy atom. The number of carbonyl (C=O) groups excluding carboxylic acids is 2. The molecule has 3 aromatic rings. The fourth-order valence-corrected chi connectivity index (χ4v) is 4.08. The molecule has 27 heavy (non-hydrogen) atoms. The van der Waals surface area contributed by atoms with E-state index in [1.54, 1.807) is 6.92 Å². The number of carbonyl (C=O) groups is 2. The maximum atomic E-state index is 12.7. The van der Waals surface area contributed by atoms with Crippen molar-refractivity contribution in [2.24, 2.45) is 5.92 Å². The molecule has 1 aliphatic carbocycles. The summed E-state index contributed by atoms with van der Waals surface area (Å²) in [4.78, 5) is 24.6. The van der Waals surface area contributed by atoms with E-state index in [9.17, 15) is 9.59 Å². The van der Waals surface area contributed by atoms with Crippen LogP contribution in [0.4, 0.5) is 0 Å². The Bertz CT molecular complexity index is 1050. The number of hydrogen-bond donors (Lipinski definition) is 0. The minimum absolute atomic E-state index is 0.0347. The zero-order valence-corrected chi connectivity index (χ0v) is 16.9. The second-order valence-corrected chi connectivity index (χ2v) is 8.19. The zero-order valence-electron chi connectivity index (χ0n) is 15.3. The first-order valence-electron chi connectivity index (χ1n) is 9.09. The van der Waals surface area contributed by atoms with E-state index in [2.05, 4.69) is 27.4 Å². The smallest absolute Gasteiger partial charge is 0.164 e. The molecule has 0 saturated carbocycles. The van der Waals surface area contributed by atoms with Crippen LogP contribution < -0.4 is 0 Å². The summed E-state index contributed by atoms with van der Waals surface area (Å²) in [6, 6.07) is 17.7. The van der Waals surface area contributed by atoms with Crippen molar-refractivity contribution in [1.82, 2.24) is 4.57 Å². The Labute approximate surface area is 167 Å². The molecule has 1 aliphatic rings. The first-order chi connectivity index (χ1) is 12.9. The Balaban J connectivity index is 1.98. The lowest BCUT2D eigenvalue weighted by Gasteiger charge is -2.21. The van der Waals surface area contributed by atoms with Crippen molar-refractivity contribution in [2.45, 2.75) is 26.7 Å². The van der Waals surface area contributed by atoms with Gasteiger partial charge in [-0.25, -0.2) is 0 Å². The zero-order chi connectivity index (χ0) is 19.1. The van der Waals surface area contributed by atoms with Gasteiger partial charge in [-0.3, -0.25) is 9.59 Å². The van der Waals surface area contributed by atoms with E-state index >= 15 is 0 Å². The van der Waals surface area contributed by atoms with Crippen LogP contribution in [0.5, 0.6) is 0 Å². The highest BCUT2D eigenvalue weighted by Crippen LogP contribution is 2.36. The summed E-state index contributed by atoms with van der Waals surface area (Å²) < 4.78 is 3.16. The van der Waals surface area contributed by atoms with Crippen LogP contribution in [0.15, 0.2) is 59.1 Å². The number of rotatable bonds is 3. The number of nitrogens with zero attached hydrogens (tertiary/aromatic N) is 1. The maximum Gasteiger partial charge on any atom is 0.164 e. The van der Waals surface area contributed by atoms with Crippen LogP contribution >= 0.6 is 15.9 Å². The van der Waals surface area contributed by atoms with Gasteiger partial charge >= 0.3 is 0 Å². The highest BCUT2D eigenvalue weighted by atomic mass is 79.9. The number of aromatic nitrogens is 1. The molecule has 0 N–H and O–H groups in total. The number of halogens is 1. The van der Waals surface area contributed by atoms with Crippen LogP contribution in [0.3, 0.4) is 0 Å². The van der Waals surface area contributed by atoms with Gasteiger partial charge in [0.2, 0.25) is 0 Å². The van der Waals surface area contributed by atoms with Crippen molar-refractivity contribution in [3.63, 3.8) is 0 Å². The Morgan fingerprint density at radius 3 is 2.52 bits per heavy atom. The van der Waals surface area contributed by atoms with Crippen LogP contribution in [0.2, 0.25) is 0 Å². The van der Waals surface area contributed by atoms with Gasteiger partial charge in [-0.15, -0.1) is 0 Å². The molecule has 0 radical (unpaired) electrons. The molecular weight excluding hydrogens is 402 g/mol. The van der Waals surface area contributed by atoms with Crippen molar-refractivity contribution in [3.05, 3.63) is 75.9 Å². The first-order valence-corrected chi connectivity index (χ1v) is 9.88. The predicted molar refractivity (Wildman–Crippen MR) is 111 cm³/mol. The molecule has 1 atom stereocenters. The van der Waals surface area contributed by atoms with Crippen molar-refractivity contribution >= 4 is 27.5 Å². The average Bonchev–Trinajstić information content (AvgIpc) is 3.02. The summed E-state index contributed by atoms with van der Waals surface area (Å²) in [7, 11) is 0. The highest BCUT2D eigenvalue weighted by Gasteiger charge is 2.28. The molecule has 1 aromatic heterocycles. The molecule has 0 bridgehead atoms. The molecule has 0 aliphatic heterocycles. The lowest BCUT2D eigenvalue weighted by Crippen LogP contribution is -2.19. The van der Waals surface area contributed by atoms with E-state index in [4.69, 9.17) is 0 Å². The summed E-state index contributed by atoms with van der Waals surface area (Å²) in [5.41, 5.74) is 5.46. The number of hydrogen-bond acceptors (Lipinski definition) is 2. The fraction of sp³-hybridized carbons (Fsp3) is 0.217. The van der Waals surface area contributed by atoms with Crippen LogP contribution in [-0.4, -0.2) is 16.1 Å². The molecule has 2 aromatic carbocycles. The summed E-state index contributed by atoms with van der Waals surface area (Å²) in [6.45, 7) is 3.69. The molecule has 0 saturated heterocycles. The van der Waals surface area contributed by atoms with E-state index in [0.717, 1.165) is 39.1 Å². The SMILES string of the molecule is CC(=O)c1cccc(-n2c(-c3ccc(Br)cc3)cc3c2C[C@H](C)CC3=O)c1. The maximum absolute atomic E-state index is 12.7. The molecule has 1 heterocycles. The summed E-state index contributed by atoms with van der Waals surface area (Å²) in [5.74, 6) is 0.545. The summed E-state index contributed by atoms with van der Waals surface area (Å²) in [6.07, 6.45) is 1.44. The van der Waals surface area contributed by atoms with Gasteiger partial charge < -0.3 is 4.57 Å². The van der Waals surface area contributed by atoms with Crippen molar-refractivity contribution in [2.75, 3.05) is 0 Å². The van der Waals surface area contributed by atoms with Gasteiger partial charge in [0.25, 0.3) is 0 Å². The molecule has 0 spiro atoms. The monoisotopic (exact) mass is 421 g/mol. The van der Waals surface area contributed by atoms with Gasteiger partial charge in [-0.2, -0.15) is 0 Å². The average molecular weight is 422 g/mol. The van der Waals surface area contributed by atoms with Crippen molar-refractivity contribution in [1.29, 1.82) is 0 Å². The van der Waals surface area contributed by atoms with Gasteiger partial charge in [0.15, 0.2) is 11.6 Å². The number of fused-ring (bicyclic) bond motifs is 1. The first kappa shape index (κ1) is 17.9. The molecule has 136 valence electrons. The van der Waals surface area contributed by atoms with Crippen LogP contribution in [-0.2, 0) is 6.42 Å². The number of Topliss-reactive ketones (excluding diaryl/α,β-unsaturated/α-hetero) is 2. The summed E-state index contributed by atoms with van der Waals surface area (Å²) in [5, 5.41) is 0. The Morgan fingerprint density at radius 1 is 1.07 bits per heavy atom. The van der Waals surface area contributed by atoms with Crippen molar-refractivity contribution < 1.29 is 9.59 Å². The Kier molecular flexibility index (Phi) is 4.60. The van der Waals surface area contributed by atoms with E-state index in [1.807, 2.05) is 54.6 Å². The van der Waals surface area contributed by atoms with Crippen LogP contribution in [0, 0.1) is 5.92 Å². The van der Waals surface area contributed by atoms with Gasteiger partial charge in [-0.1, -0.05) is 47.1 Å². The standard InChI is InChI=1S/C23H20BrNO2/c1-14-10-22-20(23(27)11-14)13-21(16-6-8-18(24)9-7-16)25(22)19-5-3-4-17(12-19)15(2)26/h3-9,12-14H,10-11H2,1-2H3/t14-/m0/s1. The van der Waals surface area contributed by atoms with Gasteiger partial charge in [0.1, 0.15) is 0 Å². The largest absolute Gasteiger partial charge is 0.313 e.